The zero-order chi connectivity index (χ0) is 15.2. The Morgan fingerprint density at radius 2 is 2.10 bits per heavy atom. The van der Waals surface area contributed by atoms with E-state index in [1.807, 2.05) is 31.7 Å². The van der Waals surface area contributed by atoms with E-state index in [0.717, 1.165) is 17.9 Å². The largest absolute Gasteiger partial charge is 0.346 e. The normalized spacial score (nSPS) is 12.2. The van der Waals surface area contributed by atoms with E-state index in [0.29, 0.717) is 18.0 Å². The third-order valence-electron chi connectivity index (χ3n) is 2.95. The SMILES string of the molecule is CNCc1cc(S(=O)(=O)NCCCSC)cn1C(C)C. The predicted molar refractivity (Wildman–Crippen MR) is 85.8 cm³/mol. The lowest BCUT2D eigenvalue weighted by Crippen LogP contribution is -2.24. The fraction of sp³-hybridized carbons (Fsp3) is 0.692. The molecule has 2 N–H and O–H groups in total. The molecule has 1 aromatic rings. The Hall–Kier alpha value is -0.500. The Kier molecular flexibility index (Phi) is 7.08. The van der Waals surface area contributed by atoms with Crippen molar-refractivity contribution >= 4 is 21.8 Å². The smallest absolute Gasteiger partial charge is 0.242 e. The number of thioether (sulfide) groups is 1. The van der Waals surface area contributed by atoms with Gasteiger partial charge in [-0.2, -0.15) is 11.8 Å². The summed E-state index contributed by atoms with van der Waals surface area (Å²) in [6, 6.07) is 1.98. The summed E-state index contributed by atoms with van der Waals surface area (Å²) in [5.41, 5.74) is 0.979. The van der Waals surface area contributed by atoms with Gasteiger partial charge in [0.25, 0.3) is 0 Å². The van der Waals surface area contributed by atoms with Gasteiger partial charge in [-0.25, -0.2) is 13.1 Å². The van der Waals surface area contributed by atoms with Crippen LogP contribution in [0.15, 0.2) is 17.2 Å². The first kappa shape index (κ1) is 17.6. The standard InChI is InChI=1S/C13H25N3O2S2/c1-11(2)16-10-13(8-12(16)9-14-3)20(17,18)15-6-5-7-19-4/h8,10-11,14-15H,5-7,9H2,1-4H3. The molecule has 0 aliphatic carbocycles. The molecule has 1 rings (SSSR count). The average molecular weight is 319 g/mol. The van der Waals surface area contributed by atoms with E-state index in [9.17, 15) is 8.42 Å². The maximum absolute atomic E-state index is 12.2. The fourth-order valence-corrected chi connectivity index (χ4v) is 3.51. The molecule has 0 aliphatic rings. The third-order valence-corrected chi connectivity index (χ3v) is 5.07. The fourth-order valence-electron chi connectivity index (χ4n) is 1.95. The summed E-state index contributed by atoms with van der Waals surface area (Å²) in [7, 11) is -1.55. The lowest BCUT2D eigenvalue weighted by Gasteiger charge is -2.12. The van der Waals surface area contributed by atoms with Crippen molar-refractivity contribution in [1.29, 1.82) is 0 Å². The van der Waals surface area contributed by atoms with Crippen molar-refractivity contribution in [3.05, 3.63) is 18.0 Å². The topological polar surface area (TPSA) is 63.1 Å². The molecule has 20 heavy (non-hydrogen) atoms. The lowest BCUT2D eigenvalue weighted by molar-refractivity contribution is 0.561. The minimum absolute atomic E-state index is 0.235. The summed E-state index contributed by atoms with van der Waals surface area (Å²) >= 11 is 1.72. The van der Waals surface area contributed by atoms with Gasteiger partial charge < -0.3 is 9.88 Å². The number of nitrogens with zero attached hydrogens (tertiary/aromatic N) is 1. The number of aromatic nitrogens is 1. The summed E-state index contributed by atoms with van der Waals surface area (Å²) in [5, 5.41) is 3.07. The molecule has 0 spiro atoms. The van der Waals surface area contributed by atoms with E-state index in [-0.39, 0.29) is 6.04 Å². The van der Waals surface area contributed by atoms with Crippen LogP contribution in [0.5, 0.6) is 0 Å². The number of hydrogen-bond donors (Lipinski definition) is 2. The molecule has 116 valence electrons. The second kappa shape index (κ2) is 8.07. The van der Waals surface area contributed by atoms with Gasteiger partial charge in [-0.05, 0) is 45.4 Å². The van der Waals surface area contributed by atoms with Crippen molar-refractivity contribution in [3.63, 3.8) is 0 Å². The highest BCUT2D eigenvalue weighted by atomic mass is 32.2. The predicted octanol–water partition coefficient (Wildman–Crippen LogP) is 1.82. The summed E-state index contributed by atoms with van der Waals surface area (Å²) in [6.07, 6.45) is 4.57. The van der Waals surface area contributed by atoms with Gasteiger partial charge in [0.15, 0.2) is 0 Å². The first-order valence-electron chi connectivity index (χ1n) is 6.76. The second-order valence-corrected chi connectivity index (χ2v) is 7.70. The molecular weight excluding hydrogens is 294 g/mol. The van der Waals surface area contributed by atoms with Crippen LogP contribution in [0.2, 0.25) is 0 Å². The molecule has 7 heteroatoms. The molecule has 0 bridgehead atoms. The van der Waals surface area contributed by atoms with Gasteiger partial charge in [0, 0.05) is 31.0 Å². The lowest BCUT2D eigenvalue weighted by atomic mass is 10.3. The van der Waals surface area contributed by atoms with Gasteiger partial charge in [0.2, 0.25) is 10.0 Å². The highest BCUT2D eigenvalue weighted by Gasteiger charge is 2.18. The van der Waals surface area contributed by atoms with E-state index in [1.54, 1.807) is 24.0 Å². The van der Waals surface area contributed by atoms with E-state index < -0.39 is 10.0 Å². The molecule has 0 saturated carbocycles. The van der Waals surface area contributed by atoms with Crippen LogP contribution < -0.4 is 10.0 Å². The number of rotatable bonds is 9. The zero-order valence-corrected chi connectivity index (χ0v) is 14.3. The van der Waals surface area contributed by atoms with Crippen molar-refractivity contribution < 1.29 is 8.42 Å². The third kappa shape index (κ3) is 4.80. The maximum atomic E-state index is 12.2. The molecular formula is C13H25N3O2S2. The van der Waals surface area contributed by atoms with Crippen LogP contribution in [0.25, 0.3) is 0 Å². The van der Waals surface area contributed by atoms with Crippen molar-refractivity contribution in [3.8, 4) is 0 Å². The van der Waals surface area contributed by atoms with E-state index >= 15 is 0 Å². The van der Waals surface area contributed by atoms with Gasteiger partial charge in [0.1, 0.15) is 0 Å². The van der Waals surface area contributed by atoms with E-state index in [4.69, 9.17) is 0 Å². The van der Waals surface area contributed by atoms with Crippen LogP contribution in [0, 0.1) is 0 Å². The minimum atomic E-state index is -3.40. The number of nitrogens with one attached hydrogen (secondary N) is 2. The van der Waals surface area contributed by atoms with Gasteiger partial charge in [-0.1, -0.05) is 0 Å². The number of sulfonamides is 1. The van der Waals surface area contributed by atoms with Gasteiger partial charge >= 0.3 is 0 Å². The van der Waals surface area contributed by atoms with Crippen molar-refractivity contribution in [1.82, 2.24) is 14.6 Å². The second-order valence-electron chi connectivity index (χ2n) is 4.94. The average Bonchev–Trinajstić information content (AvgIpc) is 2.80. The summed E-state index contributed by atoms with van der Waals surface area (Å²) in [5.74, 6) is 0.959. The molecule has 0 saturated heterocycles. The molecule has 0 fully saturated rings. The van der Waals surface area contributed by atoms with Crippen LogP contribution >= 0.6 is 11.8 Å². The molecule has 5 nitrogen and oxygen atoms in total. The molecule has 1 aromatic heterocycles. The van der Waals surface area contributed by atoms with Crippen molar-refractivity contribution in [2.45, 2.75) is 37.8 Å². The Bertz CT molecular complexity index is 510. The van der Waals surface area contributed by atoms with Crippen molar-refractivity contribution in [2.75, 3.05) is 25.6 Å². The molecule has 0 unspecified atom stereocenters. The van der Waals surface area contributed by atoms with Crippen LogP contribution in [0.1, 0.15) is 32.0 Å². The van der Waals surface area contributed by atoms with Crippen LogP contribution in [0.4, 0.5) is 0 Å². The maximum Gasteiger partial charge on any atom is 0.242 e. The first-order chi connectivity index (χ1) is 9.42. The highest BCUT2D eigenvalue weighted by molar-refractivity contribution is 7.98. The number of hydrogen-bond acceptors (Lipinski definition) is 4. The van der Waals surface area contributed by atoms with Crippen molar-refractivity contribution in [2.24, 2.45) is 0 Å². The van der Waals surface area contributed by atoms with Gasteiger partial charge in [0.05, 0.1) is 4.90 Å². The van der Waals surface area contributed by atoms with E-state index in [1.165, 1.54) is 0 Å². The molecule has 0 atom stereocenters. The highest BCUT2D eigenvalue weighted by Crippen LogP contribution is 2.18. The summed E-state index contributed by atoms with van der Waals surface area (Å²) in [4.78, 5) is 0.348. The van der Waals surface area contributed by atoms with Crippen LogP contribution in [-0.4, -0.2) is 38.6 Å². The minimum Gasteiger partial charge on any atom is -0.346 e. The van der Waals surface area contributed by atoms with Crippen LogP contribution in [0.3, 0.4) is 0 Å². The quantitative estimate of drug-likeness (QED) is 0.682. The Morgan fingerprint density at radius 3 is 2.65 bits per heavy atom. The molecule has 0 aliphatic heterocycles. The zero-order valence-electron chi connectivity index (χ0n) is 12.6. The molecule has 0 radical (unpaired) electrons. The molecule has 0 amide bonds. The Morgan fingerprint density at radius 1 is 1.40 bits per heavy atom. The monoisotopic (exact) mass is 319 g/mol. The van der Waals surface area contributed by atoms with E-state index in [2.05, 4.69) is 10.0 Å². The molecule has 1 heterocycles. The Labute approximate surface area is 126 Å². The van der Waals surface area contributed by atoms with Gasteiger partial charge in [-0.15, -0.1) is 0 Å². The van der Waals surface area contributed by atoms with Gasteiger partial charge in [-0.3, -0.25) is 0 Å². The van der Waals surface area contributed by atoms with Crippen LogP contribution in [-0.2, 0) is 16.6 Å². The summed E-state index contributed by atoms with van der Waals surface area (Å²) in [6.45, 7) is 5.22. The first-order valence-corrected chi connectivity index (χ1v) is 9.64. The summed E-state index contributed by atoms with van der Waals surface area (Å²) < 4.78 is 29.1. The molecule has 0 aromatic carbocycles. The Balaban J connectivity index is 2.86.